The molecule has 0 bridgehead atoms. The quantitative estimate of drug-likeness (QED) is 0.792. The molecule has 1 aliphatic heterocycles. The Kier molecular flexibility index (Phi) is 3.99. The van der Waals surface area contributed by atoms with Crippen LogP contribution < -0.4 is 10.9 Å². The zero-order valence-corrected chi connectivity index (χ0v) is 10.9. The Bertz CT molecular complexity index is 451. The number of hydrogen-bond acceptors (Lipinski definition) is 3. The van der Waals surface area contributed by atoms with Crippen molar-refractivity contribution in [2.75, 3.05) is 20.1 Å². The highest BCUT2D eigenvalue weighted by atomic mass is 16.2. The van der Waals surface area contributed by atoms with Crippen LogP contribution in [-0.2, 0) is 0 Å². The molecule has 2 rings (SSSR count). The molecule has 0 spiro atoms. The van der Waals surface area contributed by atoms with Gasteiger partial charge in [0.15, 0.2) is 0 Å². The second-order valence-electron chi connectivity index (χ2n) is 4.69. The summed E-state index contributed by atoms with van der Waals surface area (Å²) < 4.78 is 0. The van der Waals surface area contributed by atoms with E-state index >= 15 is 0 Å². The fraction of sp³-hybridized carbons (Fsp3) is 0.357. The second-order valence-corrected chi connectivity index (χ2v) is 4.69. The molecule has 0 unspecified atom stereocenters. The molecule has 4 nitrogen and oxygen atoms in total. The Morgan fingerprint density at radius 2 is 2.00 bits per heavy atom. The fourth-order valence-electron chi connectivity index (χ4n) is 1.80. The van der Waals surface area contributed by atoms with E-state index in [4.69, 9.17) is 0 Å². The SMILES string of the molecule is Cc1ccc(C(=O)NNC2=CCN(C)CC2)cc1. The summed E-state index contributed by atoms with van der Waals surface area (Å²) in [6.45, 7) is 3.94. The van der Waals surface area contributed by atoms with E-state index in [0.717, 1.165) is 30.8 Å². The van der Waals surface area contributed by atoms with Gasteiger partial charge in [-0.3, -0.25) is 10.2 Å². The van der Waals surface area contributed by atoms with E-state index < -0.39 is 0 Å². The summed E-state index contributed by atoms with van der Waals surface area (Å²) in [6.07, 6.45) is 3.03. The highest BCUT2D eigenvalue weighted by Crippen LogP contribution is 2.06. The Labute approximate surface area is 108 Å². The molecule has 1 aliphatic rings. The number of carbonyl (C=O) groups is 1. The Morgan fingerprint density at radius 1 is 1.28 bits per heavy atom. The van der Waals surface area contributed by atoms with E-state index in [-0.39, 0.29) is 5.91 Å². The number of hydrogen-bond donors (Lipinski definition) is 2. The zero-order chi connectivity index (χ0) is 13.0. The van der Waals surface area contributed by atoms with Crippen molar-refractivity contribution in [2.45, 2.75) is 13.3 Å². The summed E-state index contributed by atoms with van der Waals surface area (Å²) >= 11 is 0. The lowest BCUT2D eigenvalue weighted by Crippen LogP contribution is -2.39. The first-order valence-electron chi connectivity index (χ1n) is 6.16. The van der Waals surface area contributed by atoms with E-state index in [1.165, 1.54) is 0 Å². The van der Waals surface area contributed by atoms with Gasteiger partial charge in [0, 0.05) is 30.8 Å². The van der Waals surface area contributed by atoms with E-state index in [0.29, 0.717) is 5.56 Å². The molecule has 0 aromatic heterocycles. The lowest BCUT2D eigenvalue weighted by atomic mass is 10.1. The van der Waals surface area contributed by atoms with Crippen LogP contribution in [0.15, 0.2) is 36.0 Å². The molecule has 96 valence electrons. The van der Waals surface area contributed by atoms with Crippen molar-refractivity contribution in [1.29, 1.82) is 0 Å². The maximum atomic E-state index is 11.9. The molecule has 0 aliphatic carbocycles. The number of likely N-dealkylation sites (N-methyl/N-ethyl adjacent to an activating group) is 1. The van der Waals surface area contributed by atoms with Crippen molar-refractivity contribution in [3.63, 3.8) is 0 Å². The average molecular weight is 245 g/mol. The van der Waals surface area contributed by atoms with Crippen molar-refractivity contribution in [3.05, 3.63) is 47.2 Å². The molecule has 1 heterocycles. The van der Waals surface area contributed by atoms with E-state index in [1.807, 2.05) is 31.2 Å². The van der Waals surface area contributed by atoms with Gasteiger partial charge in [-0.05, 0) is 32.2 Å². The van der Waals surface area contributed by atoms with Crippen molar-refractivity contribution >= 4 is 5.91 Å². The molecule has 0 saturated heterocycles. The lowest BCUT2D eigenvalue weighted by molar-refractivity contribution is 0.0937. The molecule has 18 heavy (non-hydrogen) atoms. The van der Waals surface area contributed by atoms with Gasteiger partial charge in [-0.25, -0.2) is 0 Å². The van der Waals surface area contributed by atoms with Gasteiger partial charge < -0.3 is 10.3 Å². The summed E-state index contributed by atoms with van der Waals surface area (Å²) in [5.41, 5.74) is 8.61. The van der Waals surface area contributed by atoms with E-state index in [9.17, 15) is 4.79 Å². The predicted octanol–water partition coefficient (Wildman–Crippen LogP) is 1.45. The van der Waals surface area contributed by atoms with Crippen LogP contribution in [0.1, 0.15) is 22.3 Å². The van der Waals surface area contributed by atoms with Crippen molar-refractivity contribution < 1.29 is 4.79 Å². The number of carbonyl (C=O) groups excluding carboxylic acids is 1. The minimum Gasteiger partial charge on any atom is -0.303 e. The van der Waals surface area contributed by atoms with Crippen LogP contribution >= 0.6 is 0 Å². The minimum absolute atomic E-state index is 0.102. The van der Waals surface area contributed by atoms with Crippen LogP contribution in [0.2, 0.25) is 0 Å². The predicted molar refractivity (Wildman–Crippen MR) is 72.0 cm³/mol. The molecule has 1 aromatic carbocycles. The number of aryl methyl sites for hydroxylation is 1. The molecule has 1 amide bonds. The number of amides is 1. The Balaban J connectivity index is 1.87. The summed E-state index contributed by atoms with van der Waals surface area (Å²) in [5.74, 6) is -0.102. The third kappa shape index (κ3) is 3.34. The van der Waals surface area contributed by atoms with Crippen LogP contribution in [0.25, 0.3) is 0 Å². The van der Waals surface area contributed by atoms with Gasteiger partial charge in [0.25, 0.3) is 5.91 Å². The van der Waals surface area contributed by atoms with Gasteiger partial charge in [-0.2, -0.15) is 0 Å². The first-order valence-corrected chi connectivity index (χ1v) is 6.16. The zero-order valence-electron chi connectivity index (χ0n) is 10.9. The van der Waals surface area contributed by atoms with Gasteiger partial charge in [0.1, 0.15) is 0 Å². The van der Waals surface area contributed by atoms with Crippen molar-refractivity contribution in [2.24, 2.45) is 0 Å². The molecular formula is C14H19N3O. The van der Waals surface area contributed by atoms with Gasteiger partial charge in [-0.15, -0.1) is 0 Å². The largest absolute Gasteiger partial charge is 0.303 e. The smallest absolute Gasteiger partial charge is 0.269 e. The average Bonchev–Trinajstić information content (AvgIpc) is 2.38. The van der Waals surface area contributed by atoms with Crippen LogP contribution in [0.3, 0.4) is 0 Å². The third-order valence-corrected chi connectivity index (χ3v) is 3.06. The standard InChI is InChI=1S/C14H19N3O/c1-11-3-5-12(6-4-11)14(18)16-15-13-7-9-17(2)10-8-13/h3-7,15H,8-10H2,1-2H3,(H,16,18). The lowest BCUT2D eigenvalue weighted by Gasteiger charge is -2.22. The number of rotatable bonds is 3. The number of hydrazine groups is 1. The number of benzene rings is 1. The van der Waals surface area contributed by atoms with Crippen LogP contribution in [0.4, 0.5) is 0 Å². The second kappa shape index (κ2) is 5.69. The van der Waals surface area contributed by atoms with E-state index in [1.54, 1.807) is 0 Å². The summed E-state index contributed by atoms with van der Waals surface area (Å²) in [7, 11) is 2.08. The molecular weight excluding hydrogens is 226 g/mol. The van der Waals surface area contributed by atoms with Crippen LogP contribution in [-0.4, -0.2) is 30.9 Å². The highest BCUT2D eigenvalue weighted by molar-refractivity contribution is 5.93. The minimum atomic E-state index is -0.102. The van der Waals surface area contributed by atoms with Gasteiger partial charge >= 0.3 is 0 Å². The monoisotopic (exact) mass is 245 g/mol. The molecule has 0 fully saturated rings. The summed E-state index contributed by atoms with van der Waals surface area (Å²) in [5, 5.41) is 0. The molecule has 0 atom stereocenters. The Hall–Kier alpha value is -1.81. The third-order valence-electron chi connectivity index (χ3n) is 3.06. The number of nitrogens with one attached hydrogen (secondary N) is 2. The highest BCUT2D eigenvalue weighted by Gasteiger charge is 2.09. The van der Waals surface area contributed by atoms with Gasteiger partial charge in [0.05, 0.1) is 0 Å². The molecule has 1 aromatic rings. The topological polar surface area (TPSA) is 44.4 Å². The van der Waals surface area contributed by atoms with Gasteiger partial charge in [0.2, 0.25) is 0 Å². The molecule has 0 radical (unpaired) electrons. The Morgan fingerprint density at radius 3 is 2.61 bits per heavy atom. The first-order chi connectivity index (χ1) is 8.65. The maximum absolute atomic E-state index is 11.9. The summed E-state index contributed by atoms with van der Waals surface area (Å²) in [6, 6.07) is 7.53. The molecule has 2 N–H and O–H groups in total. The fourth-order valence-corrected chi connectivity index (χ4v) is 1.80. The van der Waals surface area contributed by atoms with Crippen molar-refractivity contribution in [1.82, 2.24) is 15.8 Å². The van der Waals surface area contributed by atoms with Crippen molar-refractivity contribution in [3.8, 4) is 0 Å². The normalized spacial score (nSPS) is 16.0. The van der Waals surface area contributed by atoms with E-state index in [2.05, 4.69) is 28.9 Å². The maximum Gasteiger partial charge on any atom is 0.269 e. The van der Waals surface area contributed by atoms with Crippen LogP contribution in [0, 0.1) is 6.92 Å². The molecule has 4 heteroatoms. The van der Waals surface area contributed by atoms with Gasteiger partial charge in [-0.1, -0.05) is 17.7 Å². The summed E-state index contributed by atoms with van der Waals surface area (Å²) in [4.78, 5) is 14.1. The number of nitrogens with zero attached hydrogens (tertiary/aromatic N) is 1. The molecule has 0 saturated carbocycles. The van der Waals surface area contributed by atoms with Crippen LogP contribution in [0.5, 0.6) is 0 Å². The first kappa shape index (κ1) is 12.6.